The van der Waals surface area contributed by atoms with Crippen LogP contribution in [0.3, 0.4) is 0 Å². The second-order valence-corrected chi connectivity index (χ2v) is 6.71. The molecule has 0 radical (unpaired) electrons. The Morgan fingerprint density at radius 3 is 2.63 bits per heavy atom. The van der Waals surface area contributed by atoms with Crippen molar-refractivity contribution in [3.63, 3.8) is 0 Å². The predicted molar refractivity (Wildman–Crippen MR) is 95.7 cm³/mol. The lowest BCUT2D eigenvalue weighted by atomic mass is 9.93. The summed E-state index contributed by atoms with van der Waals surface area (Å²) in [6, 6.07) is 14.1. The number of aromatic nitrogens is 5. The van der Waals surface area contributed by atoms with Crippen molar-refractivity contribution in [2.24, 2.45) is 0 Å². The maximum absolute atomic E-state index is 12.5. The van der Waals surface area contributed by atoms with Gasteiger partial charge in [-0.1, -0.05) is 30.3 Å². The van der Waals surface area contributed by atoms with Crippen molar-refractivity contribution in [1.29, 1.82) is 5.26 Å². The van der Waals surface area contributed by atoms with Gasteiger partial charge < -0.3 is 0 Å². The van der Waals surface area contributed by atoms with Crippen LogP contribution in [0.2, 0.25) is 0 Å². The molecule has 3 heterocycles. The molecule has 7 nitrogen and oxygen atoms in total. The van der Waals surface area contributed by atoms with Crippen molar-refractivity contribution in [1.82, 2.24) is 19.3 Å². The highest BCUT2D eigenvalue weighted by Crippen LogP contribution is 2.33. The summed E-state index contributed by atoms with van der Waals surface area (Å²) in [7, 11) is 0. The van der Waals surface area contributed by atoms with Crippen molar-refractivity contribution in [3.05, 3.63) is 76.5 Å². The first-order chi connectivity index (χ1) is 13.3. The highest BCUT2D eigenvalue weighted by atomic mass is 16.2. The van der Waals surface area contributed by atoms with Crippen LogP contribution in [-0.4, -0.2) is 19.3 Å². The minimum absolute atomic E-state index is 0.0889. The minimum Gasteiger partial charge on any atom is -0.271 e. The molecular formula is C20H19N6O+. The van der Waals surface area contributed by atoms with Gasteiger partial charge in [0.25, 0.3) is 5.69 Å². The Balaban J connectivity index is 0.000000190. The molecule has 134 valence electrons. The molecule has 1 unspecified atom stereocenters. The zero-order valence-electron chi connectivity index (χ0n) is 14.8. The van der Waals surface area contributed by atoms with Crippen LogP contribution in [0.25, 0.3) is 0 Å². The molecule has 0 N–H and O–H groups in total. The monoisotopic (exact) mass is 359 g/mol. The van der Waals surface area contributed by atoms with E-state index in [-0.39, 0.29) is 11.7 Å². The first kappa shape index (κ1) is 17.0. The quantitative estimate of drug-likeness (QED) is 0.694. The molecule has 0 amide bonds. The minimum atomic E-state index is 0.0889. The second kappa shape index (κ2) is 7.43. The van der Waals surface area contributed by atoms with E-state index in [0.29, 0.717) is 11.7 Å². The largest absolute Gasteiger partial charge is 0.391 e. The van der Waals surface area contributed by atoms with E-state index in [4.69, 9.17) is 5.26 Å². The number of rotatable bonds is 2. The summed E-state index contributed by atoms with van der Waals surface area (Å²) in [4.78, 5) is 19.6. The fourth-order valence-electron chi connectivity index (χ4n) is 3.50. The smallest absolute Gasteiger partial charge is 0.271 e. The molecule has 1 saturated carbocycles. The molecule has 2 aliphatic rings. The molecule has 0 spiro atoms. The van der Waals surface area contributed by atoms with Gasteiger partial charge in [0.05, 0.1) is 12.1 Å². The molecule has 1 aromatic carbocycles. The van der Waals surface area contributed by atoms with Crippen LogP contribution < -0.4 is 10.7 Å². The number of nitriles is 1. The van der Waals surface area contributed by atoms with Gasteiger partial charge in [0.15, 0.2) is 6.20 Å². The van der Waals surface area contributed by atoms with Crippen LogP contribution in [0, 0.1) is 17.5 Å². The van der Waals surface area contributed by atoms with Gasteiger partial charge in [-0.15, -0.1) is 0 Å². The van der Waals surface area contributed by atoms with Crippen LogP contribution in [0.15, 0.2) is 47.5 Å². The highest BCUT2D eigenvalue weighted by molar-refractivity contribution is 5.22. The van der Waals surface area contributed by atoms with Gasteiger partial charge in [-0.25, -0.2) is 9.48 Å². The first-order valence-electron chi connectivity index (χ1n) is 9.11. The third kappa shape index (κ3) is 3.32. The number of hydrogen-bond donors (Lipinski definition) is 0. The Hall–Kier alpha value is -3.45. The molecule has 5 rings (SSSR count). The van der Waals surface area contributed by atoms with Gasteiger partial charge in [0.1, 0.15) is 18.0 Å². The summed E-state index contributed by atoms with van der Waals surface area (Å²) >= 11 is 0. The number of benzene rings is 1. The Morgan fingerprint density at radius 1 is 1.22 bits per heavy atom. The summed E-state index contributed by atoms with van der Waals surface area (Å²) in [5.41, 5.74) is 1.66. The van der Waals surface area contributed by atoms with E-state index in [9.17, 15) is 4.79 Å². The summed E-state index contributed by atoms with van der Waals surface area (Å²) in [5, 5.41) is 12.7. The van der Waals surface area contributed by atoms with E-state index in [0.717, 1.165) is 31.5 Å². The zero-order chi connectivity index (χ0) is 18.6. The zero-order valence-corrected chi connectivity index (χ0v) is 14.8. The first-order valence-corrected chi connectivity index (χ1v) is 9.11. The van der Waals surface area contributed by atoms with Gasteiger partial charge >= 0.3 is 12.0 Å². The fourth-order valence-corrected chi connectivity index (χ4v) is 3.50. The molecular weight excluding hydrogens is 340 g/mol. The molecule has 1 aliphatic carbocycles. The molecule has 27 heavy (non-hydrogen) atoms. The van der Waals surface area contributed by atoms with Crippen LogP contribution in [0.1, 0.15) is 54.8 Å². The second-order valence-electron chi connectivity index (χ2n) is 6.71. The number of hydrogen-bond acceptors (Lipinski definition) is 4. The molecule has 7 heteroatoms. The Bertz CT molecular complexity index is 998. The van der Waals surface area contributed by atoms with Crippen molar-refractivity contribution in [2.45, 2.75) is 44.2 Å². The maximum Gasteiger partial charge on any atom is 0.391 e. The third-order valence-corrected chi connectivity index (χ3v) is 5.11. The van der Waals surface area contributed by atoms with E-state index < -0.39 is 0 Å². The molecule has 0 saturated heterocycles. The van der Waals surface area contributed by atoms with Gasteiger partial charge in [0, 0.05) is 6.42 Å². The van der Waals surface area contributed by atoms with Crippen LogP contribution in [0.4, 0.5) is 0 Å². The summed E-state index contributed by atoms with van der Waals surface area (Å²) in [6.45, 7) is 0. The summed E-state index contributed by atoms with van der Waals surface area (Å²) in [5.74, 6) is 0.964. The Labute approximate surface area is 156 Å². The van der Waals surface area contributed by atoms with E-state index >= 15 is 0 Å². The lowest BCUT2D eigenvalue weighted by Crippen LogP contribution is -2.32. The van der Waals surface area contributed by atoms with Crippen molar-refractivity contribution < 1.29 is 4.98 Å². The lowest BCUT2D eigenvalue weighted by Gasteiger charge is -2.24. The van der Waals surface area contributed by atoms with Gasteiger partial charge in [-0.2, -0.15) is 15.3 Å². The highest BCUT2D eigenvalue weighted by Gasteiger charge is 2.32. The third-order valence-electron chi connectivity index (χ3n) is 5.11. The van der Waals surface area contributed by atoms with E-state index in [1.54, 1.807) is 4.68 Å². The average molecular weight is 359 g/mol. The normalized spacial score (nSPS) is 17.7. The van der Waals surface area contributed by atoms with Crippen LogP contribution in [-0.2, 0) is 6.42 Å². The van der Waals surface area contributed by atoms with E-state index in [2.05, 4.69) is 33.4 Å². The number of aryl methyl sites for hydroxylation is 1. The Kier molecular flexibility index (Phi) is 4.67. The Morgan fingerprint density at radius 2 is 2.04 bits per heavy atom. The van der Waals surface area contributed by atoms with Crippen molar-refractivity contribution in [2.75, 3.05) is 0 Å². The summed E-state index contributed by atoms with van der Waals surface area (Å²) < 4.78 is 3.64. The van der Waals surface area contributed by atoms with Crippen LogP contribution >= 0.6 is 0 Å². The SMILES string of the molecule is N#Cc1cc#[n+]cn1.O=c1n(C2CCC2)nc2n1C(c1ccccc1)CC2. The van der Waals surface area contributed by atoms with Crippen LogP contribution in [0.5, 0.6) is 0 Å². The number of fused-ring (bicyclic) bond motifs is 1. The van der Waals surface area contributed by atoms with E-state index in [1.807, 2.05) is 28.8 Å². The summed E-state index contributed by atoms with van der Waals surface area (Å²) in [6.07, 6.45) is 9.10. The molecule has 1 aliphatic heterocycles. The van der Waals surface area contributed by atoms with Gasteiger partial charge in [0.2, 0.25) is 0 Å². The van der Waals surface area contributed by atoms with Crippen molar-refractivity contribution >= 4 is 0 Å². The fraction of sp³-hybridized carbons (Fsp3) is 0.350. The van der Waals surface area contributed by atoms with Gasteiger partial charge in [-0.05, 0) is 36.2 Å². The molecule has 2 aromatic heterocycles. The molecule has 0 bridgehead atoms. The van der Waals surface area contributed by atoms with Gasteiger partial charge in [-0.3, -0.25) is 4.57 Å². The standard InChI is InChI=1S/C15H17N3O.C5H2N3/c19-15-17-13(11-5-2-1-3-6-11)9-10-14(17)16-18(15)12-7-4-8-12;6-3-5-1-2-7-4-8-5/h1-3,5-6,12-13H,4,7-10H2;1,4H/q;+1. The molecule has 3 aromatic rings. The lowest BCUT2D eigenvalue weighted by molar-refractivity contribution is -0.299. The molecule has 1 atom stereocenters. The number of nitrogens with zero attached hydrogens (tertiary/aromatic N) is 6. The molecule has 1 fully saturated rings. The predicted octanol–water partition coefficient (Wildman–Crippen LogP) is 1.66. The maximum atomic E-state index is 12.5. The van der Waals surface area contributed by atoms with E-state index in [1.165, 1.54) is 24.4 Å². The average Bonchev–Trinajstić information content (AvgIpc) is 3.23. The van der Waals surface area contributed by atoms with Crippen molar-refractivity contribution in [3.8, 4) is 6.07 Å². The topological polar surface area (TPSA) is 90.6 Å².